The lowest BCUT2D eigenvalue weighted by Crippen LogP contribution is -2.18. The first-order chi connectivity index (χ1) is 14.2. The topological polar surface area (TPSA) is 60.3 Å². The molecule has 1 N–H and O–H groups in total. The maximum atomic E-state index is 13.1. The number of anilines is 1. The van der Waals surface area contributed by atoms with Gasteiger partial charge in [-0.2, -0.15) is 13.2 Å². The van der Waals surface area contributed by atoms with Crippen LogP contribution in [0.15, 0.2) is 65.6 Å². The van der Waals surface area contributed by atoms with Crippen molar-refractivity contribution >= 4 is 20.3 Å². The van der Waals surface area contributed by atoms with Crippen molar-refractivity contribution in [2.75, 3.05) is 12.0 Å². The molecule has 1 aromatic heterocycles. The van der Waals surface area contributed by atoms with Crippen LogP contribution in [0.5, 0.6) is 11.5 Å². The fourth-order valence-electron chi connectivity index (χ4n) is 2.54. The molecule has 0 fully saturated rings. The number of hydrogen-bond acceptors (Lipinski definition) is 3. The first-order valence-corrected chi connectivity index (χ1v) is 9.98. The first-order valence-electron chi connectivity index (χ1n) is 8.54. The van der Waals surface area contributed by atoms with Gasteiger partial charge in [0.15, 0.2) is 0 Å². The molecule has 0 aliphatic rings. The number of amides is 1. The summed E-state index contributed by atoms with van der Waals surface area (Å²) in [7, 11) is 0.186. The minimum atomic E-state index is -4.67. The molecule has 1 amide bonds. The third-order valence-electron chi connectivity index (χ3n) is 4.01. The van der Waals surface area contributed by atoms with E-state index in [2.05, 4.69) is 5.32 Å². The number of aromatic nitrogens is 1. The Balaban J connectivity index is 1.96. The van der Waals surface area contributed by atoms with Crippen LogP contribution in [0.4, 0.5) is 23.2 Å². The van der Waals surface area contributed by atoms with Crippen molar-refractivity contribution in [1.29, 1.82) is 0 Å². The molecule has 30 heavy (non-hydrogen) atoms. The van der Waals surface area contributed by atoms with Crippen LogP contribution in [0.2, 0.25) is 0 Å². The zero-order chi connectivity index (χ0) is 21.9. The second-order valence-corrected chi connectivity index (χ2v) is 7.00. The van der Waals surface area contributed by atoms with Gasteiger partial charge >= 0.3 is 6.18 Å². The highest BCUT2D eigenvalue weighted by Gasteiger charge is 2.32. The van der Waals surface area contributed by atoms with Crippen LogP contribution in [0.25, 0.3) is 0 Å². The zero-order valence-electron chi connectivity index (χ0n) is 15.5. The largest absolute Gasteiger partial charge is 0.457 e. The van der Waals surface area contributed by atoms with Gasteiger partial charge in [-0.25, -0.2) is 4.39 Å². The molecule has 1 heterocycles. The fraction of sp³-hybridized carbons (Fsp3) is 0.100. The lowest BCUT2D eigenvalue weighted by atomic mass is 10.1. The molecule has 0 aliphatic carbocycles. The number of hydrogen-bond donors (Lipinski definition) is 1. The van der Waals surface area contributed by atoms with Crippen LogP contribution in [-0.4, -0.2) is 16.9 Å². The van der Waals surface area contributed by atoms with Crippen molar-refractivity contribution in [3.05, 3.63) is 88.1 Å². The quantitative estimate of drug-likeness (QED) is 0.444. The standard InChI is InChI=1S/C20H15F4N2O3P/c1-30-26-9-8-14(11-18(26)27)25-19(28)16-10-12(20(22,23)24)2-7-17(16)29-15-5-3-13(21)4-6-15/h2-11,30H,1H3,(H,25,28). The maximum absolute atomic E-state index is 13.1. The summed E-state index contributed by atoms with van der Waals surface area (Å²) in [6.07, 6.45) is -3.20. The fourth-order valence-corrected chi connectivity index (χ4v) is 3.05. The van der Waals surface area contributed by atoms with Gasteiger partial charge in [0.2, 0.25) is 0 Å². The van der Waals surface area contributed by atoms with E-state index >= 15 is 0 Å². The van der Waals surface area contributed by atoms with Gasteiger partial charge in [0.05, 0.1) is 11.1 Å². The van der Waals surface area contributed by atoms with Crippen LogP contribution >= 0.6 is 8.73 Å². The third kappa shape index (κ3) is 5.04. The molecular weight excluding hydrogens is 423 g/mol. The van der Waals surface area contributed by atoms with Crippen LogP contribution in [0.3, 0.4) is 0 Å². The number of pyridine rings is 1. The Morgan fingerprint density at radius 2 is 1.77 bits per heavy atom. The summed E-state index contributed by atoms with van der Waals surface area (Å²) in [5.74, 6) is -1.43. The number of nitrogens with one attached hydrogen (secondary N) is 1. The van der Waals surface area contributed by atoms with Crippen molar-refractivity contribution in [3.63, 3.8) is 0 Å². The second-order valence-electron chi connectivity index (χ2n) is 6.07. The summed E-state index contributed by atoms with van der Waals surface area (Å²) in [4.78, 5) is 24.6. The molecule has 1 unspecified atom stereocenters. The van der Waals surface area contributed by atoms with Gasteiger partial charge in [-0.15, -0.1) is 0 Å². The number of ether oxygens (including phenoxy) is 1. The van der Waals surface area contributed by atoms with E-state index in [1.165, 1.54) is 34.8 Å². The lowest BCUT2D eigenvalue weighted by molar-refractivity contribution is -0.137. The van der Waals surface area contributed by atoms with E-state index in [1.807, 2.05) is 0 Å². The lowest BCUT2D eigenvalue weighted by Gasteiger charge is -2.15. The monoisotopic (exact) mass is 438 g/mol. The number of benzene rings is 2. The Bertz CT molecular complexity index is 1130. The molecule has 1 atom stereocenters. The number of alkyl halides is 3. The van der Waals surface area contributed by atoms with Gasteiger partial charge in [0, 0.05) is 18.0 Å². The van der Waals surface area contributed by atoms with E-state index < -0.39 is 29.0 Å². The van der Waals surface area contributed by atoms with Gasteiger partial charge in [-0.05, 0) is 63.9 Å². The minimum absolute atomic E-state index is 0.129. The van der Waals surface area contributed by atoms with E-state index in [4.69, 9.17) is 4.74 Å². The van der Waals surface area contributed by atoms with Gasteiger partial charge in [0.25, 0.3) is 11.5 Å². The highest BCUT2D eigenvalue weighted by Crippen LogP contribution is 2.34. The molecule has 0 saturated heterocycles. The smallest absolute Gasteiger partial charge is 0.416 e. The molecule has 10 heteroatoms. The maximum Gasteiger partial charge on any atom is 0.416 e. The summed E-state index contributed by atoms with van der Waals surface area (Å²) >= 11 is 0. The molecule has 3 rings (SSSR count). The second kappa shape index (κ2) is 8.67. The van der Waals surface area contributed by atoms with Crippen molar-refractivity contribution in [2.45, 2.75) is 6.18 Å². The van der Waals surface area contributed by atoms with Crippen molar-refractivity contribution in [3.8, 4) is 11.5 Å². The first kappa shape index (κ1) is 21.5. The third-order valence-corrected chi connectivity index (χ3v) is 4.86. The van der Waals surface area contributed by atoms with Gasteiger partial charge in [0.1, 0.15) is 17.3 Å². The summed E-state index contributed by atoms with van der Waals surface area (Å²) in [6.45, 7) is 1.79. The number of carbonyl (C=O) groups is 1. The van der Waals surface area contributed by atoms with E-state index in [-0.39, 0.29) is 31.5 Å². The van der Waals surface area contributed by atoms with Gasteiger partial charge in [-0.3, -0.25) is 13.9 Å². The van der Waals surface area contributed by atoms with E-state index in [9.17, 15) is 27.2 Å². The van der Waals surface area contributed by atoms with Crippen LogP contribution in [0, 0.1) is 5.82 Å². The highest BCUT2D eigenvalue weighted by atomic mass is 31.1. The van der Waals surface area contributed by atoms with Gasteiger partial charge < -0.3 is 10.1 Å². The predicted octanol–water partition coefficient (Wildman–Crippen LogP) is 5.12. The van der Waals surface area contributed by atoms with Crippen molar-refractivity contribution in [1.82, 2.24) is 4.34 Å². The molecule has 0 saturated carbocycles. The summed E-state index contributed by atoms with van der Waals surface area (Å²) in [5.41, 5.74) is -1.66. The molecule has 156 valence electrons. The normalized spacial score (nSPS) is 11.6. The Kier molecular flexibility index (Phi) is 6.22. The molecule has 0 spiro atoms. The van der Waals surface area contributed by atoms with Crippen LogP contribution < -0.4 is 15.6 Å². The number of rotatable bonds is 5. The van der Waals surface area contributed by atoms with E-state index in [0.29, 0.717) is 6.07 Å². The van der Waals surface area contributed by atoms with Crippen molar-refractivity contribution in [2.24, 2.45) is 0 Å². The minimum Gasteiger partial charge on any atom is -0.457 e. The molecule has 5 nitrogen and oxygen atoms in total. The summed E-state index contributed by atoms with van der Waals surface area (Å²) in [5, 5.41) is 2.41. The van der Waals surface area contributed by atoms with E-state index in [1.54, 1.807) is 6.66 Å². The Morgan fingerprint density at radius 1 is 1.07 bits per heavy atom. The van der Waals surface area contributed by atoms with Crippen LogP contribution in [-0.2, 0) is 6.18 Å². The Morgan fingerprint density at radius 3 is 2.37 bits per heavy atom. The molecule has 0 radical (unpaired) electrons. The molecular formula is C20H15F4N2O3P. The van der Waals surface area contributed by atoms with Crippen LogP contribution in [0.1, 0.15) is 15.9 Å². The molecule has 0 bridgehead atoms. The van der Waals surface area contributed by atoms with Crippen molar-refractivity contribution < 1.29 is 27.1 Å². The summed E-state index contributed by atoms with van der Waals surface area (Å²) < 4.78 is 59.4. The number of nitrogens with zero attached hydrogens (tertiary/aromatic N) is 1. The number of carbonyl (C=O) groups excluding carboxylic acids is 1. The summed E-state index contributed by atoms with van der Waals surface area (Å²) in [6, 6.07) is 9.86. The molecule has 3 aromatic rings. The highest BCUT2D eigenvalue weighted by molar-refractivity contribution is 7.35. The predicted molar refractivity (Wildman–Crippen MR) is 106 cm³/mol. The average Bonchev–Trinajstić information content (AvgIpc) is 2.69. The Labute approximate surface area is 170 Å². The van der Waals surface area contributed by atoms with Gasteiger partial charge in [-0.1, -0.05) is 0 Å². The SMILES string of the molecule is CPn1ccc(NC(=O)c2cc(C(F)(F)F)ccc2Oc2ccc(F)cc2)cc1=O. The van der Waals surface area contributed by atoms with E-state index in [0.717, 1.165) is 24.3 Å². The molecule has 0 aliphatic heterocycles. The average molecular weight is 438 g/mol. The zero-order valence-corrected chi connectivity index (χ0v) is 16.5. The number of halogens is 4. The molecule has 2 aromatic carbocycles. The Hall–Kier alpha value is -3.19.